The molecular formula is C9H19N3O. The van der Waals surface area contributed by atoms with Crippen LogP contribution in [-0.2, 0) is 7.05 Å². The van der Waals surface area contributed by atoms with Crippen LogP contribution in [0.25, 0.3) is 0 Å². The van der Waals surface area contributed by atoms with E-state index >= 15 is 0 Å². The fourth-order valence-electron chi connectivity index (χ4n) is 0.317. The molecule has 0 spiro atoms. The van der Waals surface area contributed by atoms with Crippen molar-refractivity contribution < 1.29 is 0 Å². The molecule has 1 aromatic rings. The second kappa shape index (κ2) is 10.7. The molecule has 1 heterocycles. The van der Waals surface area contributed by atoms with Gasteiger partial charge >= 0.3 is 5.69 Å². The summed E-state index contributed by atoms with van der Waals surface area (Å²) in [4.78, 5) is 12.6. The summed E-state index contributed by atoms with van der Waals surface area (Å²) in [5, 5.41) is 3.56. The fraction of sp³-hybridized carbons (Fsp3) is 0.556. The lowest BCUT2D eigenvalue weighted by Gasteiger charge is -1.74. The average molecular weight is 185 g/mol. The first-order valence-electron chi connectivity index (χ1n) is 4.27. The minimum absolute atomic E-state index is 0.181. The van der Waals surface area contributed by atoms with E-state index in [0.29, 0.717) is 0 Å². The van der Waals surface area contributed by atoms with Gasteiger partial charge in [-0.05, 0) is 6.92 Å². The normalized spacial score (nSPS) is 7.38. The lowest BCUT2D eigenvalue weighted by molar-refractivity contribution is 0.734. The molecule has 1 aromatic heterocycles. The topological polar surface area (TPSA) is 50.7 Å². The molecule has 0 aliphatic rings. The first-order valence-corrected chi connectivity index (χ1v) is 4.27. The monoisotopic (exact) mass is 185 g/mol. The Morgan fingerprint density at radius 3 is 2.15 bits per heavy atom. The third-order valence-electron chi connectivity index (χ3n) is 0.713. The molecule has 0 amide bonds. The zero-order chi connectivity index (χ0) is 10.7. The average Bonchev–Trinajstić information content (AvgIpc) is 2.39. The maximum absolute atomic E-state index is 10.3. The zero-order valence-corrected chi connectivity index (χ0v) is 8.87. The third-order valence-corrected chi connectivity index (χ3v) is 0.713. The second-order valence-corrected chi connectivity index (χ2v) is 2.33. The molecule has 1 N–H and O–H groups in total. The number of aryl methyl sites for hydroxylation is 1. The van der Waals surface area contributed by atoms with Crippen LogP contribution in [0.5, 0.6) is 0 Å². The van der Waals surface area contributed by atoms with Gasteiger partial charge < -0.3 is 0 Å². The highest BCUT2D eigenvalue weighted by molar-refractivity contribution is 4.54. The molecular weight excluding hydrogens is 166 g/mol. The van der Waals surface area contributed by atoms with Crippen LogP contribution in [0.3, 0.4) is 0 Å². The summed E-state index contributed by atoms with van der Waals surface area (Å²) in [5.74, 6) is 0. The Morgan fingerprint density at radius 1 is 1.69 bits per heavy atom. The van der Waals surface area contributed by atoms with Gasteiger partial charge in [0.05, 0.1) is 0 Å². The lowest BCUT2D eigenvalue weighted by Crippen LogP contribution is -2.12. The minimum Gasteiger partial charge on any atom is -0.295 e. The summed E-state index contributed by atoms with van der Waals surface area (Å²) < 4.78 is 1.22. The maximum atomic E-state index is 10.3. The van der Waals surface area contributed by atoms with E-state index in [1.165, 1.54) is 17.4 Å². The largest absolute Gasteiger partial charge is 0.342 e. The molecule has 4 nitrogen and oxygen atoms in total. The molecule has 0 saturated carbocycles. The van der Waals surface area contributed by atoms with Gasteiger partial charge in [0.25, 0.3) is 0 Å². The van der Waals surface area contributed by atoms with Crippen molar-refractivity contribution in [2.45, 2.75) is 27.2 Å². The number of aromatic nitrogens is 3. The Kier molecular flexibility index (Phi) is 11.7. The van der Waals surface area contributed by atoms with Crippen molar-refractivity contribution in [2.24, 2.45) is 7.05 Å². The molecule has 0 saturated heterocycles. The number of rotatable bonds is 0. The van der Waals surface area contributed by atoms with E-state index in [1.54, 1.807) is 13.1 Å². The molecule has 76 valence electrons. The molecule has 4 heteroatoms. The van der Waals surface area contributed by atoms with Crippen molar-refractivity contribution >= 4 is 0 Å². The van der Waals surface area contributed by atoms with Crippen molar-refractivity contribution in [3.05, 3.63) is 29.5 Å². The molecule has 1 rings (SSSR count). The van der Waals surface area contributed by atoms with E-state index in [9.17, 15) is 4.79 Å². The molecule has 0 unspecified atom stereocenters. The summed E-state index contributed by atoms with van der Waals surface area (Å²) >= 11 is 0. The quantitative estimate of drug-likeness (QED) is 0.626. The Hall–Kier alpha value is -1.32. The number of nitrogens with one attached hydrogen (secondary N) is 1. The van der Waals surface area contributed by atoms with Gasteiger partial charge in [0.15, 0.2) is 0 Å². The summed E-state index contributed by atoms with van der Waals surface area (Å²) in [7, 11) is 1.58. The SMILES string of the molecule is C=CC.CCC.Cn1nc[nH]c1=O. The molecule has 0 fully saturated rings. The number of hydrogen-bond acceptors (Lipinski definition) is 2. The number of hydrogen-bond donors (Lipinski definition) is 1. The Balaban J connectivity index is 0. The van der Waals surface area contributed by atoms with Gasteiger partial charge in [0.2, 0.25) is 0 Å². The van der Waals surface area contributed by atoms with Crippen LogP contribution in [0, 0.1) is 0 Å². The molecule has 0 aromatic carbocycles. The van der Waals surface area contributed by atoms with Gasteiger partial charge in [-0.2, -0.15) is 5.10 Å². The van der Waals surface area contributed by atoms with Gasteiger partial charge in [-0.3, -0.25) is 4.98 Å². The highest BCUT2D eigenvalue weighted by atomic mass is 16.1. The molecule has 0 aliphatic carbocycles. The predicted octanol–water partition coefficient (Wildman–Crippen LogP) is 1.72. The summed E-state index contributed by atoms with van der Waals surface area (Å²) in [6, 6.07) is 0. The third kappa shape index (κ3) is 10.7. The van der Waals surface area contributed by atoms with Crippen molar-refractivity contribution in [3.8, 4) is 0 Å². The van der Waals surface area contributed by atoms with E-state index < -0.39 is 0 Å². The first kappa shape index (κ1) is 14.2. The van der Waals surface area contributed by atoms with Crippen LogP contribution in [0.2, 0.25) is 0 Å². The van der Waals surface area contributed by atoms with E-state index in [1.807, 2.05) is 6.92 Å². The highest BCUT2D eigenvalue weighted by Crippen LogP contribution is 1.56. The van der Waals surface area contributed by atoms with E-state index in [-0.39, 0.29) is 5.69 Å². The van der Waals surface area contributed by atoms with Crippen LogP contribution in [0.15, 0.2) is 23.8 Å². The van der Waals surface area contributed by atoms with Crippen molar-refractivity contribution in [1.29, 1.82) is 0 Å². The lowest BCUT2D eigenvalue weighted by atomic mass is 10.6. The standard InChI is InChI=1S/C3H5N3O.C3H8.C3H6/c1-6-3(7)4-2-5-6;2*1-3-2/h2H,1H3,(H,4,5,7);3H2,1-2H3;3H,1H2,2H3. The van der Waals surface area contributed by atoms with Gasteiger partial charge in [-0.1, -0.05) is 26.3 Å². The number of allylic oxidation sites excluding steroid dienone is 1. The zero-order valence-electron chi connectivity index (χ0n) is 8.87. The first-order chi connectivity index (χ1) is 6.13. The smallest absolute Gasteiger partial charge is 0.295 e. The molecule has 0 atom stereocenters. The summed E-state index contributed by atoms with van der Waals surface area (Å²) in [6.45, 7) is 9.50. The van der Waals surface area contributed by atoms with Crippen molar-refractivity contribution in [1.82, 2.24) is 14.8 Å². The maximum Gasteiger partial charge on any atom is 0.342 e. The number of H-pyrrole nitrogens is 1. The fourth-order valence-corrected chi connectivity index (χ4v) is 0.317. The highest BCUT2D eigenvalue weighted by Gasteiger charge is 1.82. The van der Waals surface area contributed by atoms with E-state index in [4.69, 9.17) is 0 Å². The second-order valence-electron chi connectivity index (χ2n) is 2.33. The van der Waals surface area contributed by atoms with Gasteiger partial charge in [0.1, 0.15) is 6.33 Å². The Morgan fingerprint density at radius 2 is 2.08 bits per heavy atom. The van der Waals surface area contributed by atoms with Crippen LogP contribution in [0.1, 0.15) is 27.2 Å². The van der Waals surface area contributed by atoms with Crippen LogP contribution in [-0.4, -0.2) is 14.8 Å². The van der Waals surface area contributed by atoms with Crippen LogP contribution in [0.4, 0.5) is 0 Å². The Bertz CT molecular complexity index is 249. The van der Waals surface area contributed by atoms with E-state index in [2.05, 4.69) is 30.5 Å². The predicted molar refractivity (Wildman–Crippen MR) is 55.7 cm³/mol. The number of aromatic amines is 1. The van der Waals surface area contributed by atoms with Gasteiger partial charge in [-0.25, -0.2) is 9.48 Å². The molecule has 0 bridgehead atoms. The van der Waals surface area contributed by atoms with Crippen molar-refractivity contribution in [3.63, 3.8) is 0 Å². The molecule has 0 aliphatic heterocycles. The Labute approximate surface area is 79.3 Å². The van der Waals surface area contributed by atoms with Gasteiger partial charge in [-0.15, -0.1) is 6.58 Å². The van der Waals surface area contributed by atoms with Crippen LogP contribution < -0.4 is 5.69 Å². The van der Waals surface area contributed by atoms with Gasteiger partial charge in [0, 0.05) is 7.05 Å². The number of nitrogens with zero attached hydrogens (tertiary/aromatic N) is 2. The van der Waals surface area contributed by atoms with E-state index in [0.717, 1.165) is 0 Å². The molecule has 0 radical (unpaired) electrons. The minimum atomic E-state index is -0.181. The summed E-state index contributed by atoms with van der Waals surface area (Å²) in [5.41, 5.74) is -0.181. The summed E-state index contributed by atoms with van der Waals surface area (Å²) in [6.07, 6.45) is 4.35. The van der Waals surface area contributed by atoms with Crippen LogP contribution >= 0.6 is 0 Å². The van der Waals surface area contributed by atoms with Crippen molar-refractivity contribution in [2.75, 3.05) is 0 Å². The molecule has 13 heavy (non-hydrogen) atoms.